The highest BCUT2D eigenvalue weighted by molar-refractivity contribution is 8.18. The van der Waals surface area contributed by atoms with Gasteiger partial charge in [0.25, 0.3) is 5.91 Å². The van der Waals surface area contributed by atoms with E-state index in [2.05, 4.69) is 4.99 Å². The summed E-state index contributed by atoms with van der Waals surface area (Å²) in [7, 11) is 0. The number of aliphatic carboxylic acids is 1. The third-order valence-corrected chi connectivity index (χ3v) is 5.39. The highest BCUT2D eigenvalue weighted by atomic mass is 32.2. The lowest BCUT2D eigenvalue weighted by atomic mass is 10.2. The van der Waals surface area contributed by atoms with Gasteiger partial charge in [0.15, 0.2) is 11.3 Å². The zero-order valence-corrected chi connectivity index (χ0v) is 17.6. The van der Waals surface area contributed by atoms with E-state index in [-0.39, 0.29) is 11.5 Å². The number of amidine groups is 1. The first kappa shape index (κ1) is 22.1. The van der Waals surface area contributed by atoms with Gasteiger partial charge in [-0.05, 0) is 73.6 Å². The number of hydrogen-bond donors (Lipinski definition) is 2. The van der Waals surface area contributed by atoms with Gasteiger partial charge in [-0.1, -0.05) is 12.1 Å². The van der Waals surface area contributed by atoms with Gasteiger partial charge in [-0.15, -0.1) is 0 Å². The van der Waals surface area contributed by atoms with Crippen LogP contribution in [0.5, 0.6) is 5.75 Å². The second-order valence-corrected chi connectivity index (χ2v) is 7.58. The van der Waals surface area contributed by atoms with E-state index in [0.29, 0.717) is 28.1 Å². The third-order valence-electron chi connectivity index (χ3n) is 4.38. The van der Waals surface area contributed by atoms with Gasteiger partial charge in [0, 0.05) is 6.54 Å². The molecule has 2 aromatic rings. The number of carboxylic acid groups (broad SMARTS) is 2. The largest absolute Gasteiger partial charge is 0.479 e. The molecule has 0 aromatic heterocycles. The lowest BCUT2D eigenvalue weighted by Gasteiger charge is -2.12. The van der Waals surface area contributed by atoms with Crippen LogP contribution in [0.1, 0.15) is 29.8 Å². The molecular formula is C22H20N2O6S. The summed E-state index contributed by atoms with van der Waals surface area (Å²) < 4.78 is 5.31. The molecule has 160 valence electrons. The Hall–Kier alpha value is -3.59. The van der Waals surface area contributed by atoms with Crippen LogP contribution in [0.3, 0.4) is 0 Å². The number of benzene rings is 2. The van der Waals surface area contributed by atoms with Crippen molar-refractivity contribution in [3.05, 3.63) is 64.6 Å². The average Bonchev–Trinajstić information content (AvgIpc) is 3.03. The molecule has 8 nitrogen and oxygen atoms in total. The number of aliphatic imine (C=N–C) groups is 1. The first-order valence-corrected chi connectivity index (χ1v) is 10.2. The molecule has 1 saturated heterocycles. The van der Waals surface area contributed by atoms with E-state index in [1.807, 2.05) is 6.92 Å². The van der Waals surface area contributed by atoms with Crippen molar-refractivity contribution >= 4 is 46.5 Å². The van der Waals surface area contributed by atoms with E-state index in [4.69, 9.17) is 14.9 Å². The first-order valence-electron chi connectivity index (χ1n) is 9.41. The van der Waals surface area contributed by atoms with Crippen molar-refractivity contribution in [2.75, 3.05) is 6.54 Å². The Labute approximate surface area is 182 Å². The molecule has 1 amide bonds. The lowest BCUT2D eigenvalue weighted by molar-refractivity contribution is -0.144. The molecule has 1 unspecified atom stereocenters. The quantitative estimate of drug-likeness (QED) is 0.628. The fraction of sp³-hybridized carbons (Fsp3) is 0.182. The molecule has 1 aliphatic heterocycles. The van der Waals surface area contributed by atoms with Gasteiger partial charge in [-0.3, -0.25) is 9.69 Å². The number of carbonyl (C=O) groups excluding carboxylic acids is 1. The van der Waals surface area contributed by atoms with Crippen LogP contribution in [0.2, 0.25) is 0 Å². The van der Waals surface area contributed by atoms with E-state index in [1.165, 1.54) is 30.8 Å². The van der Waals surface area contributed by atoms with Crippen molar-refractivity contribution in [3.8, 4) is 5.75 Å². The molecule has 0 spiro atoms. The maximum atomic E-state index is 12.8. The summed E-state index contributed by atoms with van der Waals surface area (Å²) in [5.41, 5.74) is 1.47. The maximum Gasteiger partial charge on any atom is 0.344 e. The Morgan fingerprint density at radius 1 is 1.13 bits per heavy atom. The third kappa shape index (κ3) is 5.32. The predicted molar refractivity (Wildman–Crippen MR) is 118 cm³/mol. The molecule has 2 aromatic carbocycles. The highest BCUT2D eigenvalue weighted by Gasteiger charge is 2.32. The first-order chi connectivity index (χ1) is 14.8. The molecule has 0 radical (unpaired) electrons. The summed E-state index contributed by atoms with van der Waals surface area (Å²) in [6, 6.07) is 12.9. The minimum Gasteiger partial charge on any atom is -0.479 e. The molecule has 2 N–H and O–H groups in total. The number of hydrogen-bond acceptors (Lipinski definition) is 6. The Balaban J connectivity index is 1.79. The smallest absolute Gasteiger partial charge is 0.344 e. The molecule has 0 bridgehead atoms. The van der Waals surface area contributed by atoms with Crippen LogP contribution in [0.25, 0.3) is 6.08 Å². The molecule has 1 heterocycles. The summed E-state index contributed by atoms with van der Waals surface area (Å²) in [5, 5.41) is 18.4. The standard InChI is InChI=1S/C22H20N2O6S/c1-3-24-19(25)18(12-14-4-10-17(11-5-14)30-13(2)20(26)27)31-22(24)23-16-8-6-15(7-9-16)21(28)29/h4-13H,3H2,1-2H3,(H,26,27)(H,28,29)/b18-12-,23-22?. The molecule has 1 fully saturated rings. The second-order valence-electron chi connectivity index (χ2n) is 6.57. The summed E-state index contributed by atoms with van der Waals surface area (Å²) in [4.78, 5) is 41.2. The van der Waals surface area contributed by atoms with Gasteiger partial charge in [-0.2, -0.15) is 0 Å². The number of aromatic carboxylic acids is 1. The number of thioether (sulfide) groups is 1. The van der Waals surface area contributed by atoms with Gasteiger partial charge in [-0.25, -0.2) is 14.6 Å². The number of amides is 1. The fourth-order valence-corrected chi connectivity index (χ4v) is 3.77. The van der Waals surface area contributed by atoms with E-state index in [1.54, 1.807) is 47.4 Å². The van der Waals surface area contributed by atoms with Crippen LogP contribution in [0.4, 0.5) is 5.69 Å². The lowest BCUT2D eigenvalue weighted by Crippen LogP contribution is -2.28. The number of nitrogens with zero attached hydrogens (tertiary/aromatic N) is 2. The van der Waals surface area contributed by atoms with Crippen molar-refractivity contribution in [2.45, 2.75) is 20.0 Å². The number of rotatable bonds is 7. The van der Waals surface area contributed by atoms with Crippen molar-refractivity contribution in [1.29, 1.82) is 0 Å². The topological polar surface area (TPSA) is 117 Å². The van der Waals surface area contributed by atoms with Crippen molar-refractivity contribution in [3.63, 3.8) is 0 Å². The molecule has 3 rings (SSSR count). The molecule has 9 heteroatoms. The summed E-state index contributed by atoms with van der Waals surface area (Å²) >= 11 is 1.23. The van der Waals surface area contributed by atoms with Gasteiger partial charge < -0.3 is 14.9 Å². The summed E-state index contributed by atoms with van der Waals surface area (Å²) in [5.74, 6) is -1.82. The molecule has 31 heavy (non-hydrogen) atoms. The van der Waals surface area contributed by atoms with Crippen LogP contribution in [-0.2, 0) is 9.59 Å². The minimum absolute atomic E-state index is 0.164. The predicted octanol–water partition coefficient (Wildman–Crippen LogP) is 3.86. The van der Waals surface area contributed by atoms with E-state index < -0.39 is 18.0 Å². The highest BCUT2D eigenvalue weighted by Crippen LogP contribution is 2.34. The van der Waals surface area contributed by atoms with Crippen molar-refractivity contribution in [1.82, 2.24) is 4.90 Å². The number of carbonyl (C=O) groups is 3. The second kappa shape index (κ2) is 9.48. The van der Waals surface area contributed by atoms with Crippen LogP contribution in [0, 0.1) is 0 Å². The Morgan fingerprint density at radius 2 is 1.77 bits per heavy atom. The number of likely N-dealkylation sites (N-methyl/N-ethyl adjacent to an activating group) is 1. The molecule has 0 saturated carbocycles. The van der Waals surface area contributed by atoms with Crippen molar-refractivity contribution in [2.24, 2.45) is 4.99 Å². The maximum absolute atomic E-state index is 12.8. The SMILES string of the molecule is CCN1C(=O)/C(=C/c2ccc(OC(C)C(=O)O)cc2)SC1=Nc1ccc(C(=O)O)cc1. The number of carboxylic acids is 2. The van der Waals surface area contributed by atoms with Gasteiger partial charge in [0.05, 0.1) is 16.2 Å². The molecule has 0 aliphatic carbocycles. The average molecular weight is 440 g/mol. The van der Waals surface area contributed by atoms with Gasteiger partial charge >= 0.3 is 11.9 Å². The van der Waals surface area contributed by atoms with E-state index in [9.17, 15) is 14.4 Å². The van der Waals surface area contributed by atoms with Crippen LogP contribution in [0.15, 0.2) is 58.4 Å². The van der Waals surface area contributed by atoms with Gasteiger partial charge in [0.1, 0.15) is 5.75 Å². The summed E-state index contributed by atoms with van der Waals surface area (Å²) in [6.45, 7) is 3.73. The molecule has 1 atom stereocenters. The molecular weight excluding hydrogens is 420 g/mol. The minimum atomic E-state index is -1.05. The Kier molecular flexibility index (Phi) is 6.76. The van der Waals surface area contributed by atoms with Crippen LogP contribution in [-0.4, -0.2) is 50.8 Å². The monoisotopic (exact) mass is 440 g/mol. The van der Waals surface area contributed by atoms with E-state index >= 15 is 0 Å². The zero-order valence-electron chi connectivity index (χ0n) is 16.8. The fourth-order valence-electron chi connectivity index (χ4n) is 2.71. The zero-order chi connectivity index (χ0) is 22.5. The summed E-state index contributed by atoms with van der Waals surface area (Å²) in [6.07, 6.45) is 0.772. The van der Waals surface area contributed by atoms with Gasteiger partial charge in [0.2, 0.25) is 0 Å². The van der Waals surface area contributed by atoms with Crippen LogP contribution >= 0.6 is 11.8 Å². The molecule has 1 aliphatic rings. The normalized spacial score (nSPS) is 17.2. The Bertz CT molecular complexity index is 1060. The van der Waals surface area contributed by atoms with Crippen LogP contribution < -0.4 is 4.74 Å². The van der Waals surface area contributed by atoms with E-state index in [0.717, 1.165) is 5.56 Å². The Morgan fingerprint density at radius 3 is 2.32 bits per heavy atom. The number of ether oxygens (including phenoxy) is 1. The van der Waals surface area contributed by atoms with Crippen molar-refractivity contribution < 1.29 is 29.3 Å².